The van der Waals surface area contributed by atoms with Crippen LogP contribution in [-0.4, -0.2) is 11.0 Å². The first-order valence-corrected chi connectivity index (χ1v) is 6.77. The molecule has 0 aliphatic heterocycles. The van der Waals surface area contributed by atoms with Crippen LogP contribution in [0.2, 0.25) is 10.0 Å². The molecule has 0 unspecified atom stereocenters. The fraction of sp³-hybridized carbons (Fsp3) is 0. The minimum Gasteiger partial charge on any atom is -0.507 e. The van der Waals surface area contributed by atoms with Crippen molar-refractivity contribution in [2.45, 2.75) is 0 Å². The zero-order chi connectivity index (χ0) is 14.0. The molecule has 0 fully saturated rings. The van der Waals surface area contributed by atoms with E-state index in [1.54, 1.807) is 24.3 Å². The maximum atomic E-state index is 12.0. The van der Waals surface area contributed by atoms with Crippen molar-refractivity contribution in [1.29, 1.82) is 0 Å². The van der Waals surface area contributed by atoms with E-state index in [0.717, 1.165) is 4.47 Å². The van der Waals surface area contributed by atoms with Gasteiger partial charge in [0, 0.05) is 16.2 Å². The Labute approximate surface area is 128 Å². The highest BCUT2D eigenvalue weighted by atomic mass is 79.9. The number of phenols is 1. The van der Waals surface area contributed by atoms with Gasteiger partial charge in [0.1, 0.15) is 5.75 Å². The number of carbonyl (C=O) groups excluding carboxylic acids is 1. The molecule has 6 heteroatoms. The highest BCUT2D eigenvalue weighted by Gasteiger charge is 2.14. The molecule has 2 N–H and O–H groups in total. The fourth-order valence-electron chi connectivity index (χ4n) is 1.45. The first-order chi connectivity index (χ1) is 8.97. The molecule has 0 aromatic heterocycles. The van der Waals surface area contributed by atoms with Gasteiger partial charge in [-0.3, -0.25) is 4.79 Å². The van der Waals surface area contributed by atoms with Gasteiger partial charge in [-0.05, 0) is 30.3 Å². The van der Waals surface area contributed by atoms with Crippen molar-refractivity contribution in [3.8, 4) is 5.75 Å². The molecule has 0 saturated carbocycles. The second kappa shape index (κ2) is 5.82. The minimum absolute atomic E-state index is 0.0670. The largest absolute Gasteiger partial charge is 0.507 e. The number of benzene rings is 2. The Morgan fingerprint density at radius 2 is 1.68 bits per heavy atom. The molecular formula is C13H8BrCl2NO2. The number of hydrogen-bond donors (Lipinski definition) is 2. The molecule has 0 radical (unpaired) electrons. The van der Waals surface area contributed by atoms with Crippen molar-refractivity contribution in [3.63, 3.8) is 0 Å². The number of phenolic OH excluding ortho intramolecular Hbond substituents is 1. The van der Waals surface area contributed by atoms with Crippen LogP contribution in [-0.2, 0) is 0 Å². The van der Waals surface area contributed by atoms with Gasteiger partial charge in [-0.15, -0.1) is 0 Å². The van der Waals surface area contributed by atoms with Crippen molar-refractivity contribution in [1.82, 2.24) is 0 Å². The maximum absolute atomic E-state index is 12.0. The summed E-state index contributed by atoms with van der Waals surface area (Å²) in [5, 5.41) is 12.8. The molecule has 2 aromatic carbocycles. The lowest BCUT2D eigenvalue weighted by molar-refractivity contribution is 0.102. The van der Waals surface area contributed by atoms with E-state index >= 15 is 0 Å². The van der Waals surface area contributed by atoms with Gasteiger partial charge in [0.15, 0.2) is 0 Å². The van der Waals surface area contributed by atoms with Crippen LogP contribution in [0, 0.1) is 0 Å². The van der Waals surface area contributed by atoms with Crippen molar-refractivity contribution in [3.05, 3.63) is 56.5 Å². The summed E-state index contributed by atoms with van der Waals surface area (Å²) >= 11 is 14.9. The second-order valence-corrected chi connectivity index (χ2v) is 5.47. The van der Waals surface area contributed by atoms with Crippen LogP contribution in [0.5, 0.6) is 5.75 Å². The minimum atomic E-state index is -0.460. The fourth-order valence-corrected chi connectivity index (χ4v) is 2.04. The third kappa shape index (κ3) is 3.41. The second-order valence-electron chi connectivity index (χ2n) is 3.74. The Morgan fingerprint density at radius 3 is 2.32 bits per heavy atom. The number of nitrogens with one attached hydrogen (secondary N) is 1. The Bertz CT molecular complexity index is 629. The van der Waals surface area contributed by atoms with Crippen LogP contribution in [0.3, 0.4) is 0 Å². The van der Waals surface area contributed by atoms with E-state index in [1.165, 1.54) is 12.1 Å². The maximum Gasteiger partial charge on any atom is 0.259 e. The molecule has 3 nitrogen and oxygen atoms in total. The normalized spacial score (nSPS) is 10.3. The quantitative estimate of drug-likeness (QED) is 0.814. The van der Waals surface area contributed by atoms with Gasteiger partial charge in [0.2, 0.25) is 0 Å². The molecule has 0 spiro atoms. The van der Waals surface area contributed by atoms with E-state index in [2.05, 4.69) is 21.2 Å². The molecule has 2 aromatic rings. The number of amides is 1. The number of anilines is 1. The summed E-state index contributed by atoms with van der Waals surface area (Å²) in [7, 11) is 0. The summed E-state index contributed by atoms with van der Waals surface area (Å²) in [6.45, 7) is 0. The van der Waals surface area contributed by atoms with Gasteiger partial charge in [0.05, 0.1) is 15.6 Å². The van der Waals surface area contributed by atoms with Crippen molar-refractivity contribution < 1.29 is 9.90 Å². The van der Waals surface area contributed by atoms with E-state index in [9.17, 15) is 9.90 Å². The topological polar surface area (TPSA) is 49.3 Å². The molecule has 0 atom stereocenters. The first kappa shape index (κ1) is 14.2. The molecule has 0 bridgehead atoms. The Morgan fingerprint density at radius 1 is 1.11 bits per heavy atom. The zero-order valence-electron chi connectivity index (χ0n) is 9.45. The molecule has 0 aliphatic rings. The number of rotatable bonds is 2. The summed E-state index contributed by atoms with van der Waals surface area (Å²) < 4.78 is 0.905. The first-order valence-electron chi connectivity index (χ1n) is 5.22. The molecule has 98 valence electrons. The van der Waals surface area contributed by atoms with E-state index < -0.39 is 5.91 Å². The van der Waals surface area contributed by atoms with Crippen LogP contribution in [0.25, 0.3) is 0 Å². The number of halogens is 3. The van der Waals surface area contributed by atoms with Crippen LogP contribution in [0.1, 0.15) is 10.4 Å². The van der Waals surface area contributed by atoms with Gasteiger partial charge < -0.3 is 10.4 Å². The zero-order valence-corrected chi connectivity index (χ0v) is 12.6. The van der Waals surface area contributed by atoms with Gasteiger partial charge in [-0.25, -0.2) is 0 Å². The standard InChI is InChI=1S/C13H8BrCl2NO2/c14-7-1-3-8(4-2-7)17-13(19)9-5-10(15)11(16)6-12(9)18/h1-6,18H,(H,17,19). The third-order valence-corrected chi connectivity index (χ3v) is 3.64. The van der Waals surface area contributed by atoms with Crippen molar-refractivity contribution in [2.24, 2.45) is 0 Å². The van der Waals surface area contributed by atoms with Crippen molar-refractivity contribution >= 4 is 50.7 Å². The average Bonchev–Trinajstić information content (AvgIpc) is 2.36. The molecule has 0 saturated heterocycles. The van der Waals surface area contributed by atoms with Gasteiger partial charge in [0.25, 0.3) is 5.91 Å². The van der Waals surface area contributed by atoms with E-state index in [1.807, 2.05) is 0 Å². The summed E-state index contributed by atoms with van der Waals surface area (Å²) in [6, 6.07) is 9.62. The SMILES string of the molecule is O=C(Nc1ccc(Br)cc1)c1cc(Cl)c(Cl)cc1O. The molecule has 19 heavy (non-hydrogen) atoms. The van der Waals surface area contributed by atoms with Crippen LogP contribution in [0.4, 0.5) is 5.69 Å². The Balaban J connectivity index is 2.25. The highest BCUT2D eigenvalue weighted by Crippen LogP contribution is 2.30. The monoisotopic (exact) mass is 359 g/mol. The summed E-state index contributed by atoms with van der Waals surface area (Å²) in [6.07, 6.45) is 0. The lowest BCUT2D eigenvalue weighted by Gasteiger charge is -2.08. The Hall–Kier alpha value is -1.23. The molecule has 1 amide bonds. The third-order valence-electron chi connectivity index (χ3n) is 2.39. The highest BCUT2D eigenvalue weighted by molar-refractivity contribution is 9.10. The number of carbonyl (C=O) groups is 1. The molecule has 0 heterocycles. The van der Waals surface area contributed by atoms with E-state index in [-0.39, 0.29) is 21.4 Å². The predicted octanol–water partition coefficient (Wildman–Crippen LogP) is 4.71. The van der Waals surface area contributed by atoms with E-state index in [4.69, 9.17) is 23.2 Å². The lowest BCUT2D eigenvalue weighted by Crippen LogP contribution is -2.12. The number of hydrogen-bond acceptors (Lipinski definition) is 2. The van der Waals surface area contributed by atoms with Gasteiger partial charge >= 0.3 is 0 Å². The Kier molecular flexibility index (Phi) is 4.34. The molecule has 0 aliphatic carbocycles. The molecular weight excluding hydrogens is 353 g/mol. The lowest BCUT2D eigenvalue weighted by atomic mass is 10.2. The van der Waals surface area contributed by atoms with Gasteiger partial charge in [-0.2, -0.15) is 0 Å². The summed E-state index contributed by atoms with van der Waals surface area (Å²) in [5.74, 6) is -0.678. The summed E-state index contributed by atoms with van der Waals surface area (Å²) in [4.78, 5) is 12.0. The predicted molar refractivity (Wildman–Crippen MR) is 80.2 cm³/mol. The smallest absolute Gasteiger partial charge is 0.259 e. The van der Waals surface area contributed by atoms with Crippen LogP contribution >= 0.6 is 39.1 Å². The number of aromatic hydroxyl groups is 1. The van der Waals surface area contributed by atoms with Gasteiger partial charge in [-0.1, -0.05) is 39.1 Å². The van der Waals surface area contributed by atoms with Crippen LogP contribution in [0.15, 0.2) is 40.9 Å². The van der Waals surface area contributed by atoms with Crippen LogP contribution < -0.4 is 5.32 Å². The van der Waals surface area contributed by atoms with Crippen molar-refractivity contribution in [2.75, 3.05) is 5.32 Å². The average molecular weight is 361 g/mol. The van der Waals surface area contributed by atoms with E-state index in [0.29, 0.717) is 5.69 Å². The molecule has 2 rings (SSSR count). The summed E-state index contributed by atoms with van der Waals surface area (Å²) in [5.41, 5.74) is 0.677.